The number of benzene rings is 1. The van der Waals surface area contributed by atoms with Crippen LogP contribution < -0.4 is 11.1 Å². The van der Waals surface area contributed by atoms with Crippen LogP contribution in [0.4, 0.5) is 23.2 Å². The molecular formula is C24H20ClF4N5O4. The summed E-state index contributed by atoms with van der Waals surface area (Å²) >= 11 is 5.29. The highest BCUT2D eigenvalue weighted by Gasteiger charge is 2.32. The van der Waals surface area contributed by atoms with Crippen LogP contribution in [0.3, 0.4) is 0 Å². The summed E-state index contributed by atoms with van der Waals surface area (Å²) in [6, 6.07) is 9.51. The number of hydrogen-bond donors (Lipinski definition) is 3. The molecule has 0 saturated carbocycles. The first-order chi connectivity index (χ1) is 17.9. The molecule has 38 heavy (non-hydrogen) atoms. The van der Waals surface area contributed by atoms with E-state index in [0.29, 0.717) is 24.6 Å². The molecule has 0 unspecified atom stereocenters. The van der Waals surface area contributed by atoms with Crippen LogP contribution in [-0.4, -0.2) is 45.6 Å². The Morgan fingerprint density at radius 1 is 1.16 bits per heavy atom. The van der Waals surface area contributed by atoms with Gasteiger partial charge in [0.1, 0.15) is 12.4 Å². The zero-order valence-corrected chi connectivity index (χ0v) is 20.1. The second-order valence-corrected chi connectivity index (χ2v) is 8.28. The Morgan fingerprint density at radius 2 is 1.87 bits per heavy atom. The quantitative estimate of drug-likeness (QED) is 0.380. The van der Waals surface area contributed by atoms with Crippen LogP contribution in [0.15, 0.2) is 60.0 Å². The highest BCUT2D eigenvalue weighted by molar-refractivity contribution is 6.33. The van der Waals surface area contributed by atoms with E-state index in [9.17, 15) is 27.2 Å². The van der Waals surface area contributed by atoms with E-state index >= 15 is 0 Å². The lowest BCUT2D eigenvalue weighted by Crippen LogP contribution is -2.12. The van der Waals surface area contributed by atoms with Crippen LogP contribution >= 0.6 is 11.6 Å². The number of nitrogens with two attached hydrogens (primary N) is 1. The summed E-state index contributed by atoms with van der Waals surface area (Å²) in [5.41, 5.74) is 5.74. The predicted molar refractivity (Wildman–Crippen MR) is 129 cm³/mol. The molecule has 4 N–H and O–H groups in total. The van der Waals surface area contributed by atoms with E-state index < -0.39 is 40.2 Å². The first kappa shape index (κ1) is 28.3. The number of nitrogens with zero attached hydrogens (tertiary/aromatic N) is 3. The SMILES string of the molecule is NC1=N[C@@H](CCc2ccc(NC(=O)c3cncc(F)c3)cc2)CO1.O=C(O)c1ncc(C(F)(F)F)cc1Cl. The molecular weight excluding hydrogens is 534 g/mol. The van der Waals surface area contributed by atoms with Crippen molar-refractivity contribution < 1.29 is 37.0 Å². The van der Waals surface area contributed by atoms with Crippen molar-refractivity contribution in [2.45, 2.75) is 25.1 Å². The van der Waals surface area contributed by atoms with E-state index in [1.807, 2.05) is 24.3 Å². The van der Waals surface area contributed by atoms with Gasteiger partial charge in [0.15, 0.2) is 5.69 Å². The number of carboxylic acid groups (broad SMARTS) is 1. The van der Waals surface area contributed by atoms with Crippen LogP contribution in [0, 0.1) is 5.82 Å². The van der Waals surface area contributed by atoms with Crippen molar-refractivity contribution in [2.24, 2.45) is 10.7 Å². The minimum absolute atomic E-state index is 0.102. The van der Waals surface area contributed by atoms with Gasteiger partial charge in [-0.15, -0.1) is 0 Å². The lowest BCUT2D eigenvalue weighted by atomic mass is 10.1. The Hall–Kier alpha value is -4.26. The second kappa shape index (κ2) is 12.3. The number of carbonyl (C=O) groups excluding carboxylic acids is 1. The monoisotopic (exact) mass is 553 g/mol. The van der Waals surface area contributed by atoms with Crippen molar-refractivity contribution in [3.63, 3.8) is 0 Å². The van der Waals surface area contributed by atoms with E-state index in [1.165, 1.54) is 6.20 Å². The Balaban J connectivity index is 0.000000244. The molecule has 3 aromatic rings. The zero-order valence-electron chi connectivity index (χ0n) is 19.4. The molecule has 1 aromatic carbocycles. The molecule has 1 aliphatic rings. The third-order valence-corrected chi connectivity index (χ3v) is 5.34. The van der Waals surface area contributed by atoms with Gasteiger partial charge in [-0.1, -0.05) is 23.7 Å². The van der Waals surface area contributed by atoms with Crippen molar-refractivity contribution in [1.29, 1.82) is 0 Å². The maximum Gasteiger partial charge on any atom is 0.417 e. The molecule has 1 atom stereocenters. The molecule has 0 aliphatic carbocycles. The molecule has 1 amide bonds. The number of aromatic carboxylic acids is 1. The van der Waals surface area contributed by atoms with Crippen molar-refractivity contribution in [3.05, 3.63) is 88.2 Å². The number of aryl methyl sites for hydroxylation is 1. The van der Waals surface area contributed by atoms with Crippen LogP contribution in [0.1, 0.15) is 38.4 Å². The smallest absolute Gasteiger partial charge is 0.417 e. The number of alkyl halides is 3. The third kappa shape index (κ3) is 8.13. The number of rotatable bonds is 6. The van der Waals surface area contributed by atoms with Crippen LogP contribution in [-0.2, 0) is 17.3 Å². The standard InChI is InChI=1S/C17H17FN4O2.C7H3ClF3NO2/c18-13-7-12(8-20-9-13)16(23)21-14-4-1-11(2-5-14)3-6-15-10-24-17(19)22-15;8-4-1-3(7(9,10)11)2-12-5(4)6(13)14/h1-2,4-5,7-9,15H,3,6,10H2,(H2,19,22)(H,21,23);1-2H,(H,13,14)/t15-;/m0./s1. The second-order valence-electron chi connectivity index (χ2n) is 7.87. The van der Waals surface area contributed by atoms with Crippen LogP contribution in [0.5, 0.6) is 0 Å². The fourth-order valence-corrected chi connectivity index (χ4v) is 3.41. The normalized spacial score (nSPS) is 14.6. The van der Waals surface area contributed by atoms with Gasteiger partial charge in [0.25, 0.3) is 11.9 Å². The minimum Gasteiger partial charge on any atom is -0.476 e. The van der Waals surface area contributed by atoms with Gasteiger partial charge in [0.2, 0.25) is 0 Å². The number of carboxylic acids is 1. The van der Waals surface area contributed by atoms with Crippen molar-refractivity contribution in [1.82, 2.24) is 9.97 Å². The maximum atomic E-state index is 13.1. The van der Waals surface area contributed by atoms with Crippen LogP contribution in [0.2, 0.25) is 5.02 Å². The van der Waals surface area contributed by atoms with E-state index in [0.717, 1.165) is 30.7 Å². The maximum absolute atomic E-state index is 13.1. The third-order valence-electron chi connectivity index (χ3n) is 5.05. The summed E-state index contributed by atoms with van der Waals surface area (Å²) in [6.45, 7) is 0.529. The molecule has 0 radical (unpaired) electrons. The highest BCUT2D eigenvalue weighted by Crippen LogP contribution is 2.31. The lowest BCUT2D eigenvalue weighted by molar-refractivity contribution is -0.137. The molecule has 0 bridgehead atoms. The summed E-state index contributed by atoms with van der Waals surface area (Å²) in [7, 11) is 0. The van der Waals surface area contributed by atoms with E-state index in [2.05, 4.69) is 20.3 Å². The molecule has 0 fully saturated rings. The summed E-state index contributed by atoms with van der Waals surface area (Å²) in [4.78, 5) is 33.3. The molecule has 200 valence electrons. The number of hydrogen-bond acceptors (Lipinski definition) is 7. The molecule has 1 aliphatic heterocycles. The summed E-state index contributed by atoms with van der Waals surface area (Å²) in [6.07, 6.45) is -0.0848. The summed E-state index contributed by atoms with van der Waals surface area (Å²) < 4.78 is 54.4. The molecule has 3 heterocycles. The molecule has 4 rings (SSSR count). The van der Waals surface area contributed by atoms with Gasteiger partial charge in [-0.25, -0.2) is 19.2 Å². The van der Waals surface area contributed by atoms with Gasteiger partial charge in [-0.05, 0) is 42.7 Å². The van der Waals surface area contributed by atoms with Gasteiger partial charge in [-0.2, -0.15) is 13.2 Å². The number of pyridine rings is 2. The Morgan fingerprint density at radius 3 is 2.42 bits per heavy atom. The first-order valence-corrected chi connectivity index (χ1v) is 11.2. The number of nitrogens with one attached hydrogen (secondary N) is 1. The molecule has 14 heteroatoms. The Labute approximate surface area is 218 Å². The molecule has 0 spiro atoms. The summed E-state index contributed by atoms with van der Waals surface area (Å²) in [5.74, 6) is -2.41. The zero-order chi connectivity index (χ0) is 27.9. The van der Waals surface area contributed by atoms with E-state index in [4.69, 9.17) is 27.2 Å². The Kier molecular flexibility index (Phi) is 9.18. The predicted octanol–water partition coefficient (Wildman–Crippen LogP) is 4.57. The summed E-state index contributed by atoms with van der Waals surface area (Å²) in [5, 5.41) is 10.6. The van der Waals surface area contributed by atoms with Gasteiger partial charge in [-0.3, -0.25) is 9.78 Å². The number of aromatic nitrogens is 2. The number of aliphatic imine (C=N–C) groups is 1. The van der Waals surface area contributed by atoms with Crippen LogP contribution in [0.25, 0.3) is 0 Å². The average Bonchev–Trinajstić information content (AvgIpc) is 3.28. The molecule has 0 saturated heterocycles. The number of ether oxygens (including phenoxy) is 1. The van der Waals surface area contributed by atoms with Crippen molar-refractivity contribution in [2.75, 3.05) is 11.9 Å². The van der Waals surface area contributed by atoms with Crippen molar-refractivity contribution in [3.8, 4) is 0 Å². The van der Waals surface area contributed by atoms with Gasteiger partial charge < -0.3 is 20.9 Å². The highest BCUT2D eigenvalue weighted by atomic mass is 35.5. The fraction of sp³-hybridized carbons (Fsp3) is 0.208. The van der Waals surface area contributed by atoms with Gasteiger partial charge in [0.05, 0.1) is 28.4 Å². The molecule has 9 nitrogen and oxygen atoms in total. The first-order valence-electron chi connectivity index (χ1n) is 10.9. The number of amides is 1. The number of amidine groups is 1. The van der Waals surface area contributed by atoms with Crippen molar-refractivity contribution >= 4 is 35.2 Å². The number of anilines is 1. The average molecular weight is 554 g/mol. The fourth-order valence-electron chi connectivity index (χ4n) is 3.16. The topological polar surface area (TPSA) is 140 Å². The Bertz CT molecular complexity index is 1340. The van der Waals surface area contributed by atoms with E-state index in [1.54, 1.807) is 0 Å². The van der Waals surface area contributed by atoms with E-state index in [-0.39, 0.29) is 17.6 Å². The number of halogens is 5. The minimum atomic E-state index is -4.58. The molecule has 2 aromatic heterocycles. The lowest BCUT2D eigenvalue weighted by Gasteiger charge is -2.08. The van der Waals surface area contributed by atoms with Gasteiger partial charge >= 0.3 is 12.1 Å². The number of carbonyl (C=O) groups is 2. The largest absolute Gasteiger partial charge is 0.476 e. The van der Waals surface area contributed by atoms with Gasteiger partial charge in [0, 0.05) is 18.1 Å².